The molecule has 2 N–H and O–H groups in total. The average Bonchev–Trinajstić information content (AvgIpc) is 3.28. The first kappa shape index (κ1) is 21.8. The number of rotatable bonds is 8. The van der Waals surface area contributed by atoms with Gasteiger partial charge in [0.25, 0.3) is 5.91 Å². The van der Waals surface area contributed by atoms with Gasteiger partial charge in [-0.3, -0.25) is 9.59 Å². The van der Waals surface area contributed by atoms with Crippen molar-refractivity contribution >= 4 is 27.3 Å². The quantitative estimate of drug-likeness (QED) is 0.557. The molecule has 2 amide bonds. The van der Waals surface area contributed by atoms with Gasteiger partial charge in [-0.15, -0.1) is 0 Å². The molecule has 158 valence electrons. The van der Waals surface area contributed by atoms with E-state index in [1.165, 1.54) is 18.4 Å². The number of nitriles is 1. The van der Waals surface area contributed by atoms with Gasteiger partial charge in [-0.25, -0.2) is 8.42 Å². The van der Waals surface area contributed by atoms with Crippen LogP contribution in [0.4, 0.5) is 5.69 Å². The van der Waals surface area contributed by atoms with Gasteiger partial charge in [-0.2, -0.15) is 5.26 Å². The van der Waals surface area contributed by atoms with Crippen LogP contribution in [-0.2, 0) is 26.9 Å². The van der Waals surface area contributed by atoms with Crippen LogP contribution in [0.2, 0.25) is 0 Å². The van der Waals surface area contributed by atoms with Crippen molar-refractivity contribution in [3.05, 3.63) is 89.4 Å². The lowest BCUT2D eigenvalue weighted by Gasteiger charge is -2.08. The van der Waals surface area contributed by atoms with Crippen LogP contribution in [-0.4, -0.2) is 26.0 Å². The molecule has 2 aromatic carbocycles. The summed E-state index contributed by atoms with van der Waals surface area (Å²) >= 11 is 0. The van der Waals surface area contributed by atoms with Crippen molar-refractivity contribution < 1.29 is 22.4 Å². The SMILES string of the molecule is N#Cc1ccc(CS(=O)(=O)CC(=O)NCc2ccc(NC(=O)c3ccco3)cc2)cc1. The maximum absolute atomic E-state index is 12.2. The number of carbonyl (C=O) groups is 2. The Hall–Kier alpha value is -3.90. The fourth-order valence-electron chi connectivity index (χ4n) is 2.74. The Kier molecular flexibility index (Phi) is 6.85. The summed E-state index contributed by atoms with van der Waals surface area (Å²) in [6, 6.07) is 18.1. The summed E-state index contributed by atoms with van der Waals surface area (Å²) < 4.78 is 29.5. The Labute approximate surface area is 179 Å². The minimum Gasteiger partial charge on any atom is -0.459 e. The van der Waals surface area contributed by atoms with Crippen LogP contribution in [0, 0.1) is 11.3 Å². The van der Waals surface area contributed by atoms with Crippen molar-refractivity contribution in [2.45, 2.75) is 12.3 Å². The van der Waals surface area contributed by atoms with Crippen molar-refractivity contribution in [2.24, 2.45) is 0 Å². The summed E-state index contributed by atoms with van der Waals surface area (Å²) in [5.41, 5.74) is 2.25. The minimum atomic E-state index is -3.65. The van der Waals surface area contributed by atoms with E-state index in [1.54, 1.807) is 48.5 Å². The first-order valence-electron chi connectivity index (χ1n) is 9.24. The number of hydrogen-bond donors (Lipinski definition) is 2. The monoisotopic (exact) mass is 437 g/mol. The molecule has 0 fully saturated rings. The maximum Gasteiger partial charge on any atom is 0.291 e. The topological polar surface area (TPSA) is 129 Å². The molecule has 3 aromatic rings. The summed E-state index contributed by atoms with van der Waals surface area (Å²) in [6.45, 7) is 0.150. The van der Waals surface area contributed by atoms with Crippen LogP contribution in [0.5, 0.6) is 0 Å². The molecule has 0 unspecified atom stereocenters. The average molecular weight is 437 g/mol. The van der Waals surface area contributed by atoms with E-state index in [2.05, 4.69) is 10.6 Å². The molecule has 0 radical (unpaired) electrons. The van der Waals surface area contributed by atoms with Crippen LogP contribution >= 0.6 is 0 Å². The standard InChI is InChI=1S/C22H19N3O5S/c23-12-16-3-5-18(6-4-16)14-31(28,29)15-21(26)24-13-17-7-9-19(10-8-17)25-22(27)20-2-1-11-30-20/h1-11H,13-15H2,(H,24,26)(H,25,27). The van der Waals surface area contributed by atoms with E-state index in [9.17, 15) is 18.0 Å². The van der Waals surface area contributed by atoms with E-state index in [0.29, 0.717) is 16.8 Å². The molecule has 0 aliphatic carbocycles. The van der Waals surface area contributed by atoms with E-state index >= 15 is 0 Å². The van der Waals surface area contributed by atoms with Crippen LogP contribution in [0.25, 0.3) is 0 Å². The number of sulfone groups is 1. The van der Waals surface area contributed by atoms with Gasteiger partial charge >= 0.3 is 0 Å². The van der Waals surface area contributed by atoms with E-state index in [4.69, 9.17) is 9.68 Å². The zero-order valence-corrected chi connectivity index (χ0v) is 17.2. The van der Waals surface area contributed by atoms with Gasteiger partial charge in [0.2, 0.25) is 5.91 Å². The highest BCUT2D eigenvalue weighted by Crippen LogP contribution is 2.12. The third-order valence-corrected chi connectivity index (χ3v) is 5.74. The third kappa shape index (κ3) is 6.55. The summed E-state index contributed by atoms with van der Waals surface area (Å²) in [5, 5.41) is 14.0. The number of nitrogens with zero attached hydrogens (tertiary/aromatic N) is 1. The lowest BCUT2D eigenvalue weighted by Crippen LogP contribution is -2.30. The molecule has 1 aromatic heterocycles. The van der Waals surface area contributed by atoms with Gasteiger partial charge < -0.3 is 15.1 Å². The number of amides is 2. The molecular weight excluding hydrogens is 418 g/mol. The predicted octanol–water partition coefficient (Wildman–Crippen LogP) is 2.63. The molecule has 3 rings (SSSR count). The fourth-order valence-corrected chi connectivity index (χ4v) is 4.04. The minimum absolute atomic E-state index is 0.150. The number of hydrogen-bond acceptors (Lipinski definition) is 6. The largest absolute Gasteiger partial charge is 0.459 e. The maximum atomic E-state index is 12.2. The van der Waals surface area contributed by atoms with Gasteiger partial charge in [0.1, 0.15) is 5.75 Å². The van der Waals surface area contributed by atoms with Gasteiger partial charge in [-0.1, -0.05) is 24.3 Å². The van der Waals surface area contributed by atoms with Crippen LogP contribution in [0.1, 0.15) is 27.2 Å². The Balaban J connectivity index is 1.48. The second-order valence-corrected chi connectivity index (χ2v) is 8.81. The van der Waals surface area contributed by atoms with Crippen LogP contribution in [0.15, 0.2) is 71.3 Å². The smallest absolute Gasteiger partial charge is 0.291 e. The fraction of sp³-hybridized carbons (Fsp3) is 0.136. The first-order chi connectivity index (χ1) is 14.8. The van der Waals surface area contributed by atoms with Gasteiger partial charge in [0, 0.05) is 12.2 Å². The highest BCUT2D eigenvalue weighted by atomic mass is 32.2. The van der Waals surface area contributed by atoms with Gasteiger partial charge in [-0.05, 0) is 47.5 Å². The Bertz CT molecular complexity index is 1190. The van der Waals surface area contributed by atoms with Crippen molar-refractivity contribution in [3.8, 4) is 6.07 Å². The lowest BCUT2D eigenvalue weighted by molar-refractivity contribution is -0.118. The number of carbonyl (C=O) groups excluding carboxylic acids is 2. The zero-order chi connectivity index (χ0) is 22.3. The first-order valence-corrected chi connectivity index (χ1v) is 11.1. The Morgan fingerprint density at radius 1 is 0.968 bits per heavy atom. The summed E-state index contributed by atoms with van der Waals surface area (Å²) in [6.07, 6.45) is 1.41. The van der Waals surface area contributed by atoms with Crippen molar-refractivity contribution in [2.75, 3.05) is 11.1 Å². The van der Waals surface area contributed by atoms with E-state index < -0.39 is 21.5 Å². The number of nitrogens with one attached hydrogen (secondary N) is 2. The van der Waals surface area contributed by atoms with E-state index in [-0.39, 0.29) is 24.0 Å². The van der Waals surface area contributed by atoms with Crippen molar-refractivity contribution in [1.29, 1.82) is 5.26 Å². The molecule has 0 saturated heterocycles. The second kappa shape index (κ2) is 9.73. The molecule has 8 nitrogen and oxygen atoms in total. The summed E-state index contributed by atoms with van der Waals surface area (Å²) in [7, 11) is -3.65. The van der Waals surface area contributed by atoms with E-state index in [0.717, 1.165) is 5.56 Å². The molecule has 9 heteroatoms. The number of furan rings is 1. The Morgan fingerprint density at radius 3 is 2.26 bits per heavy atom. The summed E-state index contributed by atoms with van der Waals surface area (Å²) in [5.74, 6) is -1.71. The van der Waals surface area contributed by atoms with Crippen LogP contribution in [0.3, 0.4) is 0 Å². The molecule has 0 aliphatic rings. The van der Waals surface area contributed by atoms with Crippen molar-refractivity contribution in [1.82, 2.24) is 5.32 Å². The molecule has 0 aliphatic heterocycles. The normalized spacial score (nSPS) is 10.8. The second-order valence-electron chi connectivity index (χ2n) is 6.75. The number of anilines is 1. The van der Waals surface area contributed by atoms with Crippen LogP contribution < -0.4 is 10.6 Å². The predicted molar refractivity (Wildman–Crippen MR) is 114 cm³/mol. The summed E-state index contributed by atoms with van der Waals surface area (Å²) in [4.78, 5) is 24.0. The lowest BCUT2D eigenvalue weighted by atomic mass is 10.2. The highest BCUT2D eigenvalue weighted by molar-refractivity contribution is 7.91. The molecule has 0 saturated carbocycles. The van der Waals surface area contributed by atoms with Gasteiger partial charge in [0.05, 0.1) is 23.6 Å². The molecular formula is C22H19N3O5S. The molecule has 31 heavy (non-hydrogen) atoms. The van der Waals surface area contributed by atoms with E-state index in [1.807, 2.05) is 6.07 Å². The molecule has 0 spiro atoms. The number of benzene rings is 2. The highest BCUT2D eigenvalue weighted by Gasteiger charge is 2.17. The Morgan fingerprint density at radius 2 is 1.65 bits per heavy atom. The molecule has 0 atom stereocenters. The van der Waals surface area contributed by atoms with Crippen molar-refractivity contribution in [3.63, 3.8) is 0 Å². The molecule has 0 bridgehead atoms. The molecule has 1 heterocycles. The third-order valence-electron chi connectivity index (χ3n) is 4.27. The van der Waals surface area contributed by atoms with Gasteiger partial charge in [0.15, 0.2) is 15.6 Å². The zero-order valence-electron chi connectivity index (χ0n) is 16.4.